The van der Waals surface area contributed by atoms with Gasteiger partial charge in [0.1, 0.15) is 5.78 Å². The molecule has 2 fully saturated rings. The van der Waals surface area contributed by atoms with Crippen LogP contribution in [0.1, 0.15) is 32.1 Å². The zero-order valence-corrected chi connectivity index (χ0v) is 7.91. The maximum atomic E-state index is 11.0. The number of aliphatic hydroxyl groups is 1. The average Bonchev–Trinajstić information content (AvgIpc) is 2.53. The first-order valence-electron chi connectivity index (χ1n) is 5.21. The number of Topliss-reactive ketones (excluding diaryl/α,β-unsaturated/α-hetero) is 1. The molecule has 1 saturated carbocycles. The van der Waals surface area contributed by atoms with Gasteiger partial charge in [0.25, 0.3) is 0 Å². The highest BCUT2D eigenvalue weighted by atomic mass is 16.3. The van der Waals surface area contributed by atoms with Crippen molar-refractivity contribution in [2.45, 2.75) is 44.2 Å². The van der Waals surface area contributed by atoms with E-state index in [0.29, 0.717) is 24.7 Å². The molecule has 1 heterocycles. The van der Waals surface area contributed by atoms with E-state index in [9.17, 15) is 9.90 Å². The van der Waals surface area contributed by atoms with Gasteiger partial charge in [0.15, 0.2) is 0 Å². The van der Waals surface area contributed by atoms with Crippen molar-refractivity contribution in [1.29, 1.82) is 0 Å². The number of hydrogen-bond donors (Lipinski definition) is 1. The van der Waals surface area contributed by atoms with Crippen molar-refractivity contribution in [3.63, 3.8) is 0 Å². The predicted molar refractivity (Wildman–Crippen MR) is 49.5 cm³/mol. The first-order chi connectivity index (χ1) is 6.27. The van der Waals surface area contributed by atoms with E-state index in [4.69, 9.17) is 0 Å². The number of hydrogen-bond acceptors (Lipinski definition) is 3. The Hall–Kier alpha value is -0.410. The Labute approximate surface area is 78.7 Å². The van der Waals surface area contributed by atoms with Crippen LogP contribution in [0.2, 0.25) is 0 Å². The smallest absolute Gasteiger partial charge is 0.135 e. The van der Waals surface area contributed by atoms with Gasteiger partial charge in [0.05, 0.1) is 6.10 Å². The van der Waals surface area contributed by atoms with Crippen molar-refractivity contribution in [2.75, 3.05) is 13.1 Å². The fraction of sp³-hybridized carbons (Fsp3) is 0.900. The topological polar surface area (TPSA) is 40.5 Å². The van der Waals surface area contributed by atoms with Crippen LogP contribution in [0.5, 0.6) is 0 Å². The second kappa shape index (κ2) is 3.76. The minimum absolute atomic E-state index is 0.145. The summed E-state index contributed by atoms with van der Waals surface area (Å²) in [5.74, 6) is 0.378. The van der Waals surface area contributed by atoms with E-state index in [1.54, 1.807) is 0 Å². The van der Waals surface area contributed by atoms with Gasteiger partial charge in [-0.15, -0.1) is 0 Å². The number of piperidine rings is 1. The minimum Gasteiger partial charge on any atom is -0.391 e. The third kappa shape index (κ3) is 1.92. The highest BCUT2D eigenvalue weighted by Crippen LogP contribution is 2.25. The maximum absolute atomic E-state index is 11.0. The van der Waals surface area contributed by atoms with Crippen LogP contribution in [0, 0.1) is 0 Å². The molecule has 1 N–H and O–H groups in total. The first-order valence-corrected chi connectivity index (χ1v) is 5.21. The Morgan fingerprint density at radius 1 is 1.23 bits per heavy atom. The molecule has 2 aliphatic rings. The molecule has 13 heavy (non-hydrogen) atoms. The van der Waals surface area contributed by atoms with Gasteiger partial charge in [-0.05, 0) is 19.3 Å². The lowest BCUT2D eigenvalue weighted by Gasteiger charge is -2.33. The van der Waals surface area contributed by atoms with Gasteiger partial charge in [-0.3, -0.25) is 9.69 Å². The molecule has 3 nitrogen and oxygen atoms in total. The summed E-state index contributed by atoms with van der Waals surface area (Å²) < 4.78 is 0. The Kier molecular flexibility index (Phi) is 2.65. The largest absolute Gasteiger partial charge is 0.391 e. The molecule has 2 rings (SSSR count). The summed E-state index contributed by atoms with van der Waals surface area (Å²) in [7, 11) is 0. The Morgan fingerprint density at radius 3 is 2.46 bits per heavy atom. The molecule has 0 spiro atoms. The van der Waals surface area contributed by atoms with Crippen LogP contribution < -0.4 is 0 Å². The summed E-state index contributed by atoms with van der Waals surface area (Å²) in [6.45, 7) is 1.72. The van der Waals surface area contributed by atoms with Crippen LogP contribution in [0.25, 0.3) is 0 Å². The summed E-state index contributed by atoms with van der Waals surface area (Å²) in [4.78, 5) is 13.3. The van der Waals surface area contributed by atoms with E-state index >= 15 is 0 Å². The van der Waals surface area contributed by atoms with Crippen molar-refractivity contribution in [1.82, 2.24) is 4.90 Å². The monoisotopic (exact) mass is 183 g/mol. The van der Waals surface area contributed by atoms with Gasteiger partial charge in [-0.25, -0.2) is 0 Å². The Bertz CT molecular complexity index is 195. The fourth-order valence-corrected chi connectivity index (χ4v) is 2.45. The summed E-state index contributed by atoms with van der Waals surface area (Å²) in [5, 5.41) is 9.68. The van der Waals surface area contributed by atoms with E-state index in [1.165, 1.54) is 0 Å². The Balaban J connectivity index is 1.90. The Morgan fingerprint density at radius 2 is 1.92 bits per heavy atom. The summed E-state index contributed by atoms with van der Waals surface area (Å²) >= 11 is 0. The average molecular weight is 183 g/mol. The minimum atomic E-state index is -0.145. The zero-order chi connectivity index (χ0) is 9.26. The normalized spacial score (nSPS) is 36.8. The first kappa shape index (κ1) is 9.16. The molecular formula is C10H17NO2. The summed E-state index contributed by atoms with van der Waals surface area (Å²) in [5.41, 5.74) is 0. The van der Waals surface area contributed by atoms with E-state index in [-0.39, 0.29) is 6.10 Å². The molecule has 74 valence electrons. The third-order valence-corrected chi connectivity index (χ3v) is 3.27. The molecule has 0 radical (unpaired) electrons. The lowest BCUT2D eigenvalue weighted by molar-refractivity contribution is -0.122. The molecule has 0 aromatic rings. The van der Waals surface area contributed by atoms with Gasteiger partial charge >= 0.3 is 0 Å². The number of carbonyl (C=O) groups is 1. The quantitative estimate of drug-likeness (QED) is 0.646. The number of rotatable bonds is 1. The molecule has 0 amide bonds. The van der Waals surface area contributed by atoms with Gasteiger partial charge in [0.2, 0.25) is 0 Å². The molecule has 2 atom stereocenters. The SMILES string of the molecule is O=C1CCN(C2CCCC2O)CC1. The predicted octanol–water partition coefficient (Wildman–Crippen LogP) is 0.565. The highest BCUT2D eigenvalue weighted by Gasteiger charge is 2.32. The lowest BCUT2D eigenvalue weighted by Crippen LogP contribution is -2.45. The number of carbonyl (C=O) groups excluding carboxylic acids is 1. The standard InChI is InChI=1S/C10H17NO2/c12-8-4-6-11(7-5-8)9-2-1-3-10(9)13/h9-10,13H,1-7H2. The molecule has 0 aromatic carbocycles. The second-order valence-electron chi connectivity index (χ2n) is 4.14. The van der Waals surface area contributed by atoms with Crippen LogP contribution in [-0.2, 0) is 4.79 Å². The third-order valence-electron chi connectivity index (χ3n) is 3.27. The molecule has 0 aromatic heterocycles. The molecule has 3 heteroatoms. The van der Waals surface area contributed by atoms with Crippen LogP contribution >= 0.6 is 0 Å². The highest BCUT2D eigenvalue weighted by molar-refractivity contribution is 5.79. The number of aliphatic hydroxyl groups excluding tert-OH is 1. The van der Waals surface area contributed by atoms with Crippen LogP contribution in [0.15, 0.2) is 0 Å². The molecular weight excluding hydrogens is 166 g/mol. The number of likely N-dealkylation sites (tertiary alicyclic amines) is 1. The van der Waals surface area contributed by atoms with Crippen molar-refractivity contribution in [3.05, 3.63) is 0 Å². The molecule has 1 aliphatic carbocycles. The van der Waals surface area contributed by atoms with Crippen LogP contribution in [-0.4, -0.2) is 41.0 Å². The van der Waals surface area contributed by atoms with Gasteiger partial charge in [-0.1, -0.05) is 0 Å². The van der Waals surface area contributed by atoms with E-state index in [2.05, 4.69) is 4.90 Å². The van der Waals surface area contributed by atoms with E-state index < -0.39 is 0 Å². The van der Waals surface area contributed by atoms with Gasteiger partial charge in [0, 0.05) is 32.0 Å². The molecule has 0 bridgehead atoms. The van der Waals surface area contributed by atoms with Crippen LogP contribution in [0.3, 0.4) is 0 Å². The molecule has 2 unspecified atom stereocenters. The zero-order valence-electron chi connectivity index (χ0n) is 7.91. The van der Waals surface area contributed by atoms with Crippen molar-refractivity contribution >= 4 is 5.78 Å². The summed E-state index contributed by atoms with van der Waals surface area (Å²) in [6.07, 6.45) is 4.40. The summed E-state index contributed by atoms with van der Waals surface area (Å²) in [6, 6.07) is 0.341. The van der Waals surface area contributed by atoms with Crippen molar-refractivity contribution in [2.24, 2.45) is 0 Å². The van der Waals surface area contributed by atoms with Crippen LogP contribution in [0.4, 0.5) is 0 Å². The van der Waals surface area contributed by atoms with Crippen molar-refractivity contribution in [3.8, 4) is 0 Å². The molecule has 1 saturated heterocycles. The van der Waals surface area contributed by atoms with Crippen molar-refractivity contribution < 1.29 is 9.90 Å². The fourth-order valence-electron chi connectivity index (χ4n) is 2.45. The van der Waals surface area contributed by atoms with E-state index in [1.807, 2.05) is 0 Å². The lowest BCUT2D eigenvalue weighted by atomic mass is 10.1. The second-order valence-corrected chi connectivity index (χ2v) is 4.14. The maximum Gasteiger partial charge on any atom is 0.135 e. The number of nitrogens with zero attached hydrogens (tertiary/aromatic N) is 1. The van der Waals surface area contributed by atoms with E-state index in [0.717, 1.165) is 32.4 Å². The number of ketones is 1. The molecule has 1 aliphatic heterocycles. The van der Waals surface area contributed by atoms with Gasteiger partial charge < -0.3 is 5.11 Å². The van der Waals surface area contributed by atoms with Gasteiger partial charge in [-0.2, -0.15) is 0 Å².